The smallest absolute Gasteiger partial charge is 0.290 e. The molecule has 0 atom stereocenters. The van der Waals surface area contributed by atoms with Gasteiger partial charge in [-0.15, -0.1) is 0 Å². The molecule has 0 radical (unpaired) electrons. The highest BCUT2D eigenvalue weighted by atomic mass is 16.6. The minimum Gasteiger partial charge on any atom is -0.493 e. The fourth-order valence-corrected chi connectivity index (χ4v) is 2.11. The van der Waals surface area contributed by atoms with Crippen molar-refractivity contribution >= 4 is 5.69 Å². The van der Waals surface area contributed by atoms with Crippen LogP contribution in [0, 0.1) is 27.4 Å². The van der Waals surface area contributed by atoms with Gasteiger partial charge in [-0.2, -0.15) is 5.26 Å². The normalized spacial score (nSPS) is 15.7. The van der Waals surface area contributed by atoms with E-state index in [0.717, 1.165) is 25.9 Å². The van der Waals surface area contributed by atoms with Gasteiger partial charge in [0, 0.05) is 0 Å². The molecular formula is C13H15N3O3. The first-order valence-electron chi connectivity index (χ1n) is 6.23. The third-order valence-corrected chi connectivity index (χ3v) is 3.23. The second-order valence-corrected chi connectivity index (χ2v) is 4.55. The number of ether oxygens (including phenoxy) is 1. The molecule has 1 aliphatic rings. The van der Waals surface area contributed by atoms with Crippen molar-refractivity contribution in [3.8, 4) is 11.8 Å². The first-order chi connectivity index (χ1) is 9.20. The first kappa shape index (κ1) is 13.3. The van der Waals surface area contributed by atoms with Crippen LogP contribution >= 0.6 is 0 Å². The van der Waals surface area contributed by atoms with Gasteiger partial charge in [-0.1, -0.05) is 0 Å². The number of hydrogen-bond donors (Lipinski definition) is 1. The molecule has 0 aromatic heterocycles. The number of benzene rings is 1. The van der Waals surface area contributed by atoms with E-state index in [1.54, 1.807) is 12.1 Å². The Morgan fingerprint density at radius 2 is 2.21 bits per heavy atom. The van der Waals surface area contributed by atoms with Gasteiger partial charge in [0.15, 0.2) is 0 Å². The van der Waals surface area contributed by atoms with E-state index < -0.39 is 4.92 Å². The minimum atomic E-state index is -0.560. The summed E-state index contributed by atoms with van der Waals surface area (Å²) in [4.78, 5) is 10.3. The van der Waals surface area contributed by atoms with Gasteiger partial charge < -0.3 is 10.1 Å². The predicted octanol–water partition coefficient (Wildman–Crippen LogP) is 1.84. The van der Waals surface area contributed by atoms with Crippen molar-refractivity contribution in [2.24, 2.45) is 5.92 Å². The summed E-state index contributed by atoms with van der Waals surface area (Å²) in [7, 11) is 0. The number of nitrogens with one attached hydrogen (secondary N) is 1. The molecule has 19 heavy (non-hydrogen) atoms. The number of hydrogen-bond acceptors (Lipinski definition) is 5. The molecule has 1 heterocycles. The summed E-state index contributed by atoms with van der Waals surface area (Å²) in [6.45, 7) is 2.54. The van der Waals surface area contributed by atoms with E-state index in [2.05, 4.69) is 5.32 Å². The van der Waals surface area contributed by atoms with Crippen molar-refractivity contribution in [3.05, 3.63) is 33.9 Å². The number of nitro groups is 1. The second-order valence-electron chi connectivity index (χ2n) is 4.55. The SMILES string of the molecule is N#Cc1ccc(OCC2CCNCC2)cc1[N+](=O)[O-]. The topological polar surface area (TPSA) is 88.2 Å². The van der Waals surface area contributed by atoms with Gasteiger partial charge in [0.05, 0.1) is 17.6 Å². The van der Waals surface area contributed by atoms with E-state index in [0.29, 0.717) is 18.3 Å². The third kappa shape index (κ3) is 3.42. The van der Waals surface area contributed by atoms with Crippen LogP contribution in [0.15, 0.2) is 18.2 Å². The lowest BCUT2D eigenvalue weighted by Crippen LogP contribution is -2.30. The number of nitriles is 1. The van der Waals surface area contributed by atoms with Crippen molar-refractivity contribution < 1.29 is 9.66 Å². The van der Waals surface area contributed by atoms with Crippen LogP contribution in [-0.2, 0) is 0 Å². The molecule has 6 nitrogen and oxygen atoms in total. The Morgan fingerprint density at radius 3 is 2.84 bits per heavy atom. The highest BCUT2D eigenvalue weighted by Crippen LogP contribution is 2.25. The number of nitrogens with zero attached hydrogens (tertiary/aromatic N) is 2. The van der Waals surface area contributed by atoms with E-state index >= 15 is 0 Å². The molecule has 1 fully saturated rings. The summed E-state index contributed by atoms with van der Waals surface area (Å²) < 4.78 is 5.59. The Hall–Kier alpha value is -2.13. The quantitative estimate of drug-likeness (QED) is 0.660. The lowest BCUT2D eigenvalue weighted by Gasteiger charge is -2.22. The molecule has 0 spiro atoms. The molecule has 0 aliphatic carbocycles. The molecule has 0 bridgehead atoms. The van der Waals surface area contributed by atoms with Gasteiger partial charge in [0.2, 0.25) is 0 Å². The summed E-state index contributed by atoms with van der Waals surface area (Å²) in [5.74, 6) is 0.931. The molecule has 1 aromatic carbocycles. The highest BCUT2D eigenvalue weighted by molar-refractivity contribution is 5.52. The van der Waals surface area contributed by atoms with Crippen molar-refractivity contribution in [2.45, 2.75) is 12.8 Å². The van der Waals surface area contributed by atoms with Gasteiger partial charge in [-0.3, -0.25) is 10.1 Å². The zero-order valence-corrected chi connectivity index (χ0v) is 10.5. The molecule has 0 saturated carbocycles. The van der Waals surface area contributed by atoms with Gasteiger partial charge in [0.25, 0.3) is 5.69 Å². The van der Waals surface area contributed by atoms with E-state index in [9.17, 15) is 10.1 Å². The Balaban J connectivity index is 2.02. The van der Waals surface area contributed by atoms with Crippen molar-refractivity contribution in [1.29, 1.82) is 5.26 Å². The van der Waals surface area contributed by atoms with Crippen LogP contribution in [0.2, 0.25) is 0 Å². The number of piperidine rings is 1. The summed E-state index contributed by atoms with van der Waals surface area (Å²) in [6, 6.07) is 6.15. The molecule has 2 rings (SSSR count). The van der Waals surface area contributed by atoms with Gasteiger partial charge in [-0.25, -0.2) is 0 Å². The Kier molecular flexibility index (Phi) is 4.31. The van der Waals surface area contributed by atoms with Gasteiger partial charge in [-0.05, 0) is 44.0 Å². The third-order valence-electron chi connectivity index (χ3n) is 3.23. The largest absolute Gasteiger partial charge is 0.493 e. The van der Waals surface area contributed by atoms with E-state index in [1.807, 2.05) is 0 Å². The van der Waals surface area contributed by atoms with Crippen LogP contribution in [0.1, 0.15) is 18.4 Å². The van der Waals surface area contributed by atoms with E-state index in [1.165, 1.54) is 12.1 Å². The molecule has 100 valence electrons. The standard InChI is InChI=1S/C13H15N3O3/c14-8-11-1-2-12(7-13(11)16(17)18)19-9-10-3-5-15-6-4-10/h1-2,7,10,15H,3-6,9H2. The fraction of sp³-hybridized carbons (Fsp3) is 0.462. The lowest BCUT2D eigenvalue weighted by atomic mass is 9.99. The molecule has 1 N–H and O–H groups in total. The molecule has 1 aromatic rings. The maximum atomic E-state index is 10.8. The average molecular weight is 261 g/mol. The van der Waals surface area contributed by atoms with Crippen LogP contribution in [0.4, 0.5) is 5.69 Å². The number of rotatable bonds is 4. The molecule has 1 aliphatic heterocycles. The molecule has 6 heteroatoms. The Bertz CT molecular complexity index is 504. The van der Waals surface area contributed by atoms with Crippen molar-refractivity contribution in [1.82, 2.24) is 5.32 Å². The van der Waals surface area contributed by atoms with Crippen molar-refractivity contribution in [2.75, 3.05) is 19.7 Å². The van der Waals surface area contributed by atoms with Crippen LogP contribution in [0.25, 0.3) is 0 Å². The summed E-state index contributed by atoms with van der Waals surface area (Å²) in [6.07, 6.45) is 2.11. The number of nitro benzene ring substituents is 1. The molecular weight excluding hydrogens is 246 g/mol. The monoisotopic (exact) mass is 261 g/mol. The van der Waals surface area contributed by atoms with Crippen LogP contribution in [0.3, 0.4) is 0 Å². The van der Waals surface area contributed by atoms with E-state index in [4.69, 9.17) is 10.00 Å². The lowest BCUT2D eigenvalue weighted by molar-refractivity contribution is -0.385. The summed E-state index contributed by atoms with van der Waals surface area (Å²) >= 11 is 0. The zero-order chi connectivity index (χ0) is 13.7. The van der Waals surface area contributed by atoms with Crippen LogP contribution < -0.4 is 10.1 Å². The summed E-state index contributed by atoms with van der Waals surface area (Å²) in [5.41, 5.74) is -0.149. The predicted molar refractivity (Wildman–Crippen MR) is 68.9 cm³/mol. The highest BCUT2D eigenvalue weighted by Gasteiger charge is 2.17. The summed E-state index contributed by atoms with van der Waals surface area (Å²) in [5, 5.41) is 22.9. The molecule has 0 unspecified atom stereocenters. The molecule has 1 saturated heterocycles. The average Bonchev–Trinajstić information content (AvgIpc) is 2.46. The fourth-order valence-electron chi connectivity index (χ4n) is 2.11. The van der Waals surface area contributed by atoms with Crippen LogP contribution in [-0.4, -0.2) is 24.6 Å². The Morgan fingerprint density at radius 1 is 1.47 bits per heavy atom. The van der Waals surface area contributed by atoms with Crippen LogP contribution in [0.5, 0.6) is 5.75 Å². The van der Waals surface area contributed by atoms with E-state index in [-0.39, 0.29) is 11.3 Å². The minimum absolute atomic E-state index is 0.0548. The first-order valence-corrected chi connectivity index (χ1v) is 6.23. The van der Waals surface area contributed by atoms with Gasteiger partial charge >= 0.3 is 0 Å². The molecule has 0 amide bonds. The second kappa shape index (κ2) is 6.16. The van der Waals surface area contributed by atoms with Gasteiger partial charge in [0.1, 0.15) is 17.4 Å². The van der Waals surface area contributed by atoms with Crippen molar-refractivity contribution in [3.63, 3.8) is 0 Å². The maximum Gasteiger partial charge on any atom is 0.290 e. The Labute approximate surface area is 111 Å². The zero-order valence-electron chi connectivity index (χ0n) is 10.5. The maximum absolute atomic E-state index is 10.8.